The van der Waals surface area contributed by atoms with E-state index in [1.165, 1.54) is 0 Å². The maximum Gasteiger partial charge on any atom is 0.408 e. The molecule has 9 nitrogen and oxygen atoms in total. The van der Waals surface area contributed by atoms with E-state index in [9.17, 15) is 28.5 Å². The van der Waals surface area contributed by atoms with E-state index in [0.717, 1.165) is 6.92 Å². The number of rotatable bonds is 6. The molecule has 144 valence electrons. The number of carboxylic acids is 1. The van der Waals surface area contributed by atoms with E-state index in [4.69, 9.17) is 14.6 Å². The maximum absolute atomic E-state index is 13.9. The minimum absolute atomic E-state index is 0.572. The Hall–Kier alpha value is -2.98. The summed E-state index contributed by atoms with van der Waals surface area (Å²) < 4.78 is 37.3. The SMILES string of the molecule is Cc1c(F)cc(OC[C@@H](NC(=O)OC(C)(C)C)C(=O)O)c([N+](=O)[O-])c1F. The summed E-state index contributed by atoms with van der Waals surface area (Å²) in [4.78, 5) is 32.7. The van der Waals surface area contributed by atoms with Crippen molar-refractivity contribution in [1.82, 2.24) is 5.32 Å². The maximum atomic E-state index is 13.9. The molecule has 0 aliphatic carbocycles. The average molecular weight is 376 g/mol. The van der Waals surface area contributed by atoms with E-state index in [-0.39, 0.29) is 0 Å². The number of carbonyl (C=O) groups is 2. The molecule has 0 spiro atoms. The Bertz CT molecular complexity index is 732. The van der Waals surface area contributed by atoms with E-state index >= 15 is 0 Å². The van der Waals surface area contributed by atoms with E-state index in [1.54, 1.807) is 20.8 Å². The molecule has 26 heavy (non-hydrogen) atoms. The van der Waals surface area contributed by atoms with Crippen molar-refractivity contribution in [2.24, 2.45) is 0 Å². The number of carbonyl (C=O) groups excluding carboxylic acids is 1. The van der Waals surface area contributed by atoms with Gasteiger partial charge in [0.25, 0.3) is 0 Å². The van der Waals surface area contributed by atoms with Crippen LogP contribution in [-0.4, -0.2) is 40.3 Å². The third-order valence-electron chi connectivity index (χ3n) is 2.96. The number of halogens is 2. The summed E-state index contributed by atoms with van der Waals surface area (Å²) in [5.74, 6) is -4.87. The number of benzene rings is 1. The van der Waals surface area contributed by atoms with Gasteiger partial charge in [-0.05, 0) is 27.7 Å². The lowest BCUT2D eigenvalue weighted by Crippen LogP contribution is -2.46. The molecule has 1 aromatic rings. The highest BCUT2D eigenvalue weighted by Crippen LogP contribution is 2.33. The second-order valence-electron chi connectivity index (χ2n) is 6.25. The number of nitrogens with one attached hydrogen (secondary N) is 1. The molecule has 1 atom stereocenters. The molecule has 1 aromatic carbocycles. The minimum atomic E-state index is -1.67. The number of alkyl carbamates (subject to hydrolysis) is 1. The first kappa shape index (κ1) is 21.1. The number of hydrogen-bond acceptors (Lipinski definition) is 6. The monoisotopic (exact) mass is 376 g/mol. The van der Waals surface area contributed by atoms with Crippen LogP contribution in [0.15, 0.2) is 6.07 Å². The van der Waals surface area contributed by atoms with E-state index in [2.05, 4.69) is 0 Å². The second-order valence-corrected chi connectivity index (χ2v) is 6.25. The van der Waals surface area contributed by atoms with E-state index in [1.807, 2.05) is 5.32 Å². The lowest BCUT2D eigenvalue weighted by atomic mass is 10.2. The van der Waals surface area contributed by atoms with E-state index < -0.39 is 63.9 Å². The molecule has 11 heteroatoms. The molecular formula is C15H18F2N2O7. The zero-order valence-electron chi connectivity index (χ0n) is 14.5. The number of aliphatic carboxylic acids is 1. The van der Waals surface area contributed by atoms with Crippen LogP contribution in [0.3, 0.4) is 0 Å². The van der Waals surface area contributed by atoms with Crippen LogP contribution < -0.4 is 10.1 Å². The lowest BCUT2D eigenvalue weighted by molar-refractivity contribution is -0.388. The van der Waals surface area contributed by atoms with Gasteiger partial charge in [-0.1, -0.05) is 0 Å². The first-order valence-corrected chi connectivity index (χ1v) is 7.31. The highest BCUT2D eigenvalue weighted by atomic mass is 19.1. The molecule has 0 aliphatic rings. The van der Waals surface area contributed by atoms with Crippen LogP contribution >= 0.6 is 0 Å². The number of hydrogen-bond donors (Lipinski definition) is 2. The van der Waals surface area contributed by atoms with Gasteiger partial charge in [0.05, 0.1) is 4.92 Å². The smallest absolute Gasteiger partial charge is 0.408 e. The van der Waals surface area contributed by atoms with Gasteiger partial charge in [0.15, 0.2) is 6.04 Å². The first-order chi connectivity index (χ1) is 11.8. The summed E-state index contributed by atoms with van der Waals surface area (Å²) in [7, 11) is 0. The fourth-order valence-corrected chi connectivity index (χ4v) is 1.76. The summed E-state index contributed by atoms with van der Waals surface area (Å²) in [5, 5.41) is 22.1. The van der Waals surface area contributed by atoms with Crippen molar-refractivity contribution in [3.63, 3.8) is 0 Å². The zero-order valence-corrected chi connectivity index (χ0v) is 14.5. The Labute approximate surface area is 147 Å². The summed E-state index contributed by atoms with van der Waals surface area (Å²) >= 11 is 0. The molecule has 0 aliphatic heterocycles. The van der Waals surface area contributed by atoms with Gasteiger partial charge in [-0.3, -0.25) is 10.1 Å². The van der Waals surface area contributed by atoms with Crippen LogP contribution in [0.4, 0.5) is 19.3 Å². The molecule has 0 unspecified atom stereocenters. The Kier molecular flexibility index (Phi) is 6.43. The van der Waals surface area contributed by atoms with Gasteiger partial charge in [0.2, 0.25) is 11.6 Å². The van der Waals surface area contributed by atoms with Gasteiger partial charge in [-0.25, -0.2) is 14.0 Å². The Balaban J connectivity index is 2.99. The van der Waals surface area contributed by atoms with Crippen molar-refractivity contribution in [3.05, 3.63) is 33.4 Å². The molecule has 0 saturated heterocycles. The van der Waals surface area contributed by atoms with Crippen molar-refractivity contribution in [1.29, 1.82) is 0 Å². The molecular weight excluding hydrogens is 358 g/mol. The normalized spacial score (nSPS) is 12.2. The molecule has 0 heterocycles. The Morgan fingerprint density at radius 1 is 1.38 bits per heavy atom. The van der Waals surface area contributed by atoms with Crippen LogP contribution in [0.1, 0.15) is 26.3 Å². The number of nitro groups is 1. The molecule has 1 rings (SSSR count). The Morgan fingerprint density at radius 2 is 1.96 bits per heavy atom. The van der Waals surface area contributed by atoms with Gasteiger partial charge in [-0.2, -0.15) is 4.39 Å². The van der Waals surface area contributed by atoms with Crippen LogP contribution in [0.5, 0.6) is 5.75 Å². The van der Waals surface area contributed by atoms with Crippen LogP contribution in [0.25, 0.3) is 0 Å². The van der Waals surface area contributed by atoms with Crippen LogP contribution in [0, 0.1) is 28.7 Å². The van der Waals surface area contributed by atoms with Crippen LogP contribution in [0.2, 0.25) is 0 Å². The summed E-state index contributed by atoms with van der Waals surface area (Å²) in [6.07, 6.45) is -1.07. The Morgan fingerprint density at radius 3 is 2.42 bits per heavy atom. The van der Waals surface area contributed by atoms with Crippen molar-refractivity contribution in [2.45, 2.75) is 39.3 Å². The van der Waals surface area contributed by atoms with Gasteiger partial charge >= 0.3 is 17.7 Å². The number of amides is 1. The molecule has 0 saturated carbocycles. The van der Waals surface area contributed by atoms with Crippen molar-refractivity contribution < 1.29 is 37.9 Å². The highest BCUT2D eigenvalue weighted by Gasteiger charge is 2.29. The zero-order chi connectivity index (χ0) is 20.2. The summed E-state index contributed by atoms with van der Waals surface area (Å²) in [5.41, 5.74) is -2.60. The fourth-order valence-electron chi connectivity index (χ4n) is 1.76. The van der Waals surface area contributed by atoms with Crippen LogP contribution in [-0.2, 0) is 9.53 Å². The second kappa shape index (κ2) is 7.93. The topological polar surface area (TPSA) is 128 Å². The van der Waals surface area contributed by atoms with Gasteiger partial charge in [0.1, 0.15) is 18.0 Å². The number of ether oxygens (including phenoxy) is 2. The third kappa shape index (κ3) is 5.53. The molecule has 1 amide bonds. The minimum Gasteiger partial charge on any atom is -0.484 e. The number of nitro benzene ring substituents is 1. The molecule has 0 aromatic heterocycles. The predicted molar refractivity (Wildman–Crippen MR) is 84.0 cm³/mol. The number of nitrogens with zero attached hydrogens (tertiary/aromatic N) is 1. The predicted octanol–water partition coefficient (Wildman–Crippen LogP) is 2.54. The van der Waals surface area contributed by atoms with Gasteiger partial charge < -0.3 is 19.9 Å². The highest BCUT2D eigenvalue weighted by molar-refractivity contribution is 5.80. The molecule has 0 fully saturated rings. The van der Waals surface area contributed by atoms with Crippen molar-refractivity contribution in [3.8, 4) is 5.75 Å². The quantitative estimate of drug-likeness (QED) is 0.577. The molecule has 0 bridgehead atoms. The first-order valence-electron chi connectivity index (χ1n) is 7.31. The summed E-state index contributed by atoms with van der Waals surface area (Å²) in [6.45, 7) is 4.85. The lowest BCUT2D eigenvalue weighted by Gasteiger charge is -2.22. The standard InChI is InChI=1S/C15H18F2N2O7/c1-7-8(16)5-10(12(11(7)17)19(23)24)25-6-9(13(20)21)18-14(22)26-15(2,3)4/h5,9H,6H2,1-4H3,(H,18,22)(H,20,21)/t9-/m1/s1. The third-order valence-corrected chi connectivity index (χ3v) is 2.96. The largest absolute Gasteiger partial charge is 0.484 e. The fraction of sp³-hybridized carbons (Fsp3) is 0.467. The average Bonchev–Trinajstić information content (AvgIpc) is 2.46. The van der Waals surface area contributed by atoms with Crippen molar-refractivity contribution in [2.75, 3.05) is 6.61 Å². The molecule has 0 radical (unpaired) electrons. The van der Waals surface area contributed by atoms with Crippen molar-refractivity contribution >= 4 is 17.7 Å². The van der Waals surface area contributed by atoms with Gasteiger partial charge in [0, 0.05) is 11.6 Å². The number of carboxylic acid groups (broad SMARTS) is 1. The van der Waals surface area contributed by atoms with E-state index in [0.29, 0.717) is 6.07 Å². The summed E-state index contributed by atoms with van der Waals surface area (Å²) in [6, 6.07) is -1.10. The van der Waals surface area contributed by atoms with Gasteiger partial charge in [-0.15, -0.1) is 0 Å². The molecule has 2 N–H and O–H groups in total.